The van der Waals surface area contributed by atoms with Crippen molar-refractivity contribution in [3.05, 3.63) is 59.9 Å². The summed E-state index contributed by atoms with van der Waals surface area (Å²) in [5.74, 6) is 0.492. The van der Waals surface area contributed by atoms with E-state index in [0.29, 0.717) is 31.1 Å². The van der Waals surface area contributed by atoms with Crippen molar-refractivity contribution in [1.29, 1.82) is 0 Å². The van der Waals surface area contributed by atoms with Gasteiger partial charge in [0.25, 0.3) is 0 Å². The fourth-order valence-electron chi connectivity index (χ4n) is 2.91. The molecular weight excluding hydrogens is 321 g/mol. The minimum atomic E-state index is -0.214. The van der Waals surface area contributed by atoms with Gasteiger partial charge < -0.3 is 15.0 Å². The van der Waals surface area contributed by atoms with Gasteiger partial charge in [-0.3, -0.25) is 4.90 Å². The number of methoxy groups -OCH3 is 1. The number of anilines is 1. The number of halogens is 1. The third-order valence-electron chi connectivity index (χ3n) is 4.28. The molecule has 132 valence electrons. The van der Waals surface area contributed by atoms with Crippen LogP contribution < -0.4 is 10.1 Å². The van der Waals surface area contributed by atoms with Crippen molar-refractivity contribution in [2.45, 2.75) is 6.54 Å². The predicted molar refractivity (Wildman–Crippen MR) is 95.3 cm³/mol. The first-order chi connectivity index (χ1) is 12.1. The first kappa shape index (κ1) is 17.2. The number of hydrogen-bond acceptors (Lipinski definition) is 3. The van der Waals surface area contributed by atoms with E-state index >= 15 is 0 Å². The maximum Gasteiger partial charge on any atom is 0.321 e. The Morgan fingerprint density at radius 2 is 1.88 bits per heavy atom. The zero-order chi connectivity index (χ0) is 17.6. The van der Waals surface area contributed by atoms with E-state index in [1.807, 2.05) is 24.3 Å². The molecule has 1 fully saturated rings. The molecule has 3 rings (SSSR count). The summed E-state index contributed by atoms with van der Waals surface area (Å²) in [7, 11) is 1.60. The van der Waals surface area contributed by atoms with Gasteiger partial charge in [-0.2, -0.15) is 0 Å². The zero-order valence-electron chi connectivity index (χ0n) is 14.2. The molecule has 0 saturated carbocycles. The van der Waals surface area contributed by atoms with Gasteiger partial charge in [0.2, 0.25) is 0 Å². The van der Waals surface area contributed by atoms with Gasteiger partial charge in [0.15, 0.2) is 0 Å². The molecule has 1 aliphatic heterocycles. The van der Waals surface area contributed by atoms with Crippen molar-refractivity contribution in [3.8, 4) is 5.75 Å². The summed E-state index contributed by atoms with van der Waals surface area (Å²) in [5, 5.41) is 2.90. The second-order valence-electron chi connectivity index (χ2n) is 6.06. The molecule has 1 N–H and O–H groups in total. The Morgan fingerprint density at radius 1 is 1.12 bits per heavy atom. The van der Waals surface area contributed by atoms with Crippen LogP contribution in [0.5, 0.6) is 5.75 Å². The molecule has 0 aliphatic carbocycles. The van der Waals surface area contributed by atoms with E-state index < -0.39 is 0 Å². The van der Waals surface area contributed by atoms with Crippen LogP contribution in [-0.4, -0.2) is 49.1 Å². The summed E-state index contributed by atoms with van der Waals surface area (Å²) in [4.78, 5) is 16.4. The monoisotopic (exact) mass is 343 g/mol. The van der Waals surface area contributed by atoms with Gasteiger partial charge in [-0.25, -0.2) is 9.18 Å². The lowest BCUT2D eigenvalue weighted by Crippen LogP contribution is -2.49. The number of rotatable bonds is 4. The topological polar surface area (TPSA) is 44.8 Å². The van der Waals surface area contributed by atoms with Gasteiger partial charge in [0.1, 0.15) is 11.6 Å². The van der Waals surface area contributed by atoms with Crippen LogP contribution in [0.4, 0.5) is 14.9 Å². The van der Waals surface area contributed by atoms with Crippen LogP contribution in [0.25, 0.3) is 0 Å². The molecule has 6 heteroatoms. The Balaban J connectivity index is 1.50. The van der Waals surface area contributed by atoms with Crippen LogP contribution in [0.1, 0.15) is 5.56 Å². The molecule has 5 nitrogen and oxygen atoms in total. The first-order valence-corrected chi connectivity index (χ1v) is 8.31. The van der Waals surface area contributed by atoms with Gasteiger partial charge in [-0.1, -0.05) is 18.2 Å². The molecule has 0 bridgehead atoms. The van der Waals surface area contributed by atoms with Gasteiger partial charge in [0, 0.05) is 44.5 Å². The van der Waals surface area contributed by atoms with Crippen molar-refractivity contribution in [2.24, 2.45) is 0 Å². The Morgan fingerprint density at radius 3 is 2.60 bits per heavy atom. The first-order valence-electron chi connectivity index (χ1n) is 8.31. The van der Waals surface area contributed by atoms with Crippen molar-refractivity contribution in [3.63, 3.8) is 0 Å². The number of benzene rings is 2. The molecule has 2 aromatic carbocycles. The van der Waals surface area contributed by atoms with Crippen molar-refractivity contribution in [1.82, 2.24) is 9.80 Å². The van der Waals surface area contributed by atoms with E-state index in [-0.39, 0.29) is 11.8 Å². The van der Waals surface area contributed by atoms with Crippen molar-refractivity contribution >= 4 is 11.7 Å². The van der Waals surface area contributed by atoms with Gasteiger partial charge in [-0.05, 0) is 29.8 Å². The van der Waals surface area contributed by atoms with Crippen LogP contribution >= 0.6 is 0 Å². The summed E-state index contributed by atoms with van der Waals surface area (Å²) in [6, 6.07) is 13.8. The number of carbonyl (C=O) groups is 1. The third kappa shape index (κ3) is 4.70. The van der Waals surface area contributed by atoms with E-state index in [0.717, 1.165) is 18.7 Å². The molecule has 2 amide bonds. The molecule has 1 heterocycles. The van der Waals surface area contributed by atoms with Crippen molar-refractivity contribution in [2.75, 3.05) is 38.6 Å². The molecule has 25 heavy (non-hydrogen) atoms. The van der Waals surface area contributed by atoms with Gasteiger partial charge in [-0.15, -0.1) is 0 Å². The molecule has 2 aromatic rings. The molecule has 0 atom stereocenters. The Labute approximate surface area is 147 Å². The highest BCUT2D eigenvalue weighted by Gasteiger charge is 2.21. The number of piperazine rings is 1. The van der Waals surface area contributed by atoms with Gasteiger partial charge in [0.05, 0.1) is 7.11 Å². The highest BCUT2D eigenvalue weighted by molar-refractivity contribution is 5.89. The maximum absolute atomic E-state index is 13.3. The summed E-state index contributed by atoms with van der Waals surface area (Å²) in [5.41, 5.74) is 1.67. The molecule has 0 radical (unpaired) electrons. The largest absolute Gasteiger partial charge is 0.497 e. The van der Waals surface area contributed by atoms with E-state index in [1.165, 1.54) is 6.07 Å². The Kier molecular flexibility index (Phi) is 5.50. The lowest BCUT2D eigenvalue weighted by atomic mass is 10.2. The second kappa shape index (κ2) is 7.98. The molecule has 1 saturated heterocycles. The molecule has 0 unspecified atom stereocenters. The van der Waals surface area contributed by atoms with E-state index in [1.54, 1.807) is 30.2 Å². The standard InChI is InChI=1S/C19H22FN3O2/c1-25-18-7-3-6-17(13-18)21-19(24)23-10-8-22(9-11-23)14-15-4-2-5-16(20)12-15/h2-7,12-13H,8-11,14H2,1H3,(H,21,24). The summed E-state index contributed by atoms with van der Waals surface area (Å²) in [6.07, 6.45) is 0. The number of urea groups is 1. The van der Waals surface area contributed by atoms with E-state index in [2.05, 4.69) is 10.2 Å². The number of nitrogens with one attached hydrogen (secondary N) is 1. The summed E-state index contributed by atoms with van der Waals surface area (Å²) >= 11 is 0. The van der Waals surface area contributed by atoms with Crippen LogP contribution in [0, 0.1) is 5.82 Å². The van der Waals surface area contributed by atoms with Crippen LogP contribution in [0.3, 0.4) is 0 Å². The molecule has 1 aliphatic rings. The zero-order valence-corrected chi connectivity index (χ0v) is 14.2. The highest BCUT2D eigenvalue weighted by atomic mass is 19.1. The predicted octanol–water partition coefficient (Wildman–Crippen LogP) is 3.18. The fourth-order valence-corrected chi connectivity index (χ4v) is 2.91. The van der Waals surface area contributed by atoms with Crippen molar-refractivity contribution < 1.29 is 13.9 Å². The fraction of sp³-hybridized carbons (Fsp3) is 0.316. The normalized spacial score (nSPS) is 15.0. The number of amides is 2. The van der Waals surface area contributed by atoms with Crippen LogP contribution in [0.2, 0.25) is 0 Å². The maximum atomic E-state index is 13.3. The van der Waals surface area contributed by atoms with E-state index in [9.17, 15) is 9.18 Å². The average molecular weight is 343 g/mol. The summed E-state index contributed by atoms with van der Waals surface area (Å²) < 4.78 is 18.4. The number of ether oxygens (including phenoxy) is 1. The SMILES string of the molecule is COc1cccc(NC(=O)N2CCN(Cc3cccc(F)c3)CC2)c1. The number of hydrogen-bond donors (Lipinski definition) is 1. The minimum Gasteiger partial charge on any atom is -0.497 e. The van der Waals surface area contributed by atoms with Gasteiger partial charge >= 0.3 is 6.03 Å². The number of nitrogens with zero attached hydrogens (tertiary/aromatic N) is 2. The second-order valence-corrected chi connectivity index (χ2v) is 6.06. The smallest absolute Gasteiger partial charge is 0.321 e. The average Bonchev–Trinajstić information content (AvgIpc) is 2.62. The summed E-state index contributed by atoms with van der Waals surface area (Å²) in [6.45, 7) is 3.52. The lowest BCUT2D eigenvalue weighted by Gasteiger charge is -2.34. The van der Waals surface area contributed by atoms with E-state index in [4.69, 9.17) is 4.74 Å². The minimum absolute atomic E-state index is 0.112. The Hall–Kier alpha value is -2.60. The number of carbonyl (C=O) groups excluding carboxylic acids is 1. The Bertz CT molecular complexity index is 730. The highest BCUT2D eigenvalue weighted by Crippen LogP contribution is 2.17. The molecular formula is C19H22FN3O2. The quantitative estimate of drug-likeness (QED) is 0.927. The third-order valence-corrected chi connectivity index (χ3v) is 4.28. The molecule has 0 spiro atoms. The van der Waals surface area contributed by atoms with Crippen LogP contribution in [0.15, 0.2) is 48.5 Å². The molecule has 0 aromatic heterocycles. The lowest BCUT2D eigenvalue weighted by molar-refractivity contribution is 0.143. The van der Waals surface area contributed by atoms with Crippen LogP contribution in [-0.2, 0) is 6.54 Å².